The van der Waals surface area contributed by atoms with Crippen molar-refractivity contribution in [1.29, 1.82) is 0 Å². The molecule has 8 nitrogen and oxygen atoms in total. The van der Waals surface area contributed by atoms with Crippen molar-refractivity contribution in [3.8, 4) is 17.2 Å². The maximum atomic E-state index is 12.8. The summed E-state index contributed by atoms with van der Waals surface area (Å²) in [5.74, 6) is 1.72. The molecule has 0 atom stereocenters. The van der Waals surface area contributed by atoms with Crippen LogP contribution >= 0.6 is 0 Å². The number of carbonyl (C=O) groups excluding carboxylic acids is 1. The summed E-state index contributed by atoms with van der Waals surface area (Å²) in [6.07, 6.45) is 1.57. The van der Waals surface area contributed by atoms with E-state index in [9.17, 15) is 13.2 Å². The molecule has 0 aliphatic carbocycles. The minimum Gasteiger partial charge on any atom is -0.494 e. The summed E-state index contributed by atoms with van der Waals surface area (Å²) in [5.41, 5.74) is 0.934. The number of anilines is 1. The van der Waals surface area contributed by atoms with Crippen LogP contribution in [0.25, 0.3) is 0 Å². The van der Waals surface area contributed by atoms with Crippen LogP contribution in [0.1, 0.15) is 12.5 Å². The predicted molar refractivity (Wildman–Crippen MR) is 122 cm³/mol. The Kier molecular flexibility index (Phi) is 7.45. The highest BCUT2D eigenvalue weighted by atomic mass is 32.2. The van der Waals surface area contributed by atoms with Gasteiger partial charge in [-0.3, -0.25) is 4.79 Å². The monoisotopic (exact) mass is 455 g/mol. The molecule has 1 N–H and O–H groups in total. The van der Waals surface area contributed by atoms with Crippen LogP contribution in [-0.4, -0.2) is 43.8 Å². The number of hydrogen-bond donors (Lipinski definition) is 1. The van der Waals surface area contributed by atoms with Crippen molar-refractivity contribution < 1.29 is 22.7 Å². The van der Waals surface area contributed by atoms with Crippen LogP contribution in [0.4, 0.5) is 5.82 Å². The minimum absolute atomic E-state index is 0.0560. The second-order valence-corrected chi connectivity index (χ2v) is 9.05. The summed E-state index contributed by atoms with van der Waals surface area (Å²) in [7, 11) is -2.51. The van der Waals surface area contributed by atoms with Gasteiger partial charge in [0.05, 0.1) is 18.0 Å². The summed E-state index contributed by atoms with van der Waals surface area (Å²) in [4.78, 5) is 16.3. The fourth-order valence-electron chi connectivity index (χ4n) is 2.84. The molecule has 0 fully saturated rings. The Labute approximate surface area is 187 Å². The van der Waals surface area contributed by atoms with Gasteiger partial charge < -0.3 is 14.8 Å². The van der Waals surface area contributed by atoms with Gasteiger partial charge in [0.2, 0.25) is 15.9 Å². The van der Waals surface area contributed by atoms with Crippen LogP contribution in [0.3, 0.4) is 0 Å². The second kappa shape index (κ2) is 10.3. The molecule has 9 heteroatoms. The molecule has 0 spiro atoms. The Hall–Kier alpha value is -3.43. The van der Waals surface area contributed by atoms with Crippen molar-refractivity contribution in [2.75, 3.05) is 25.5 Å². The first-order valence-corrected chi connectivity index (χ1v) is 11.4. The number of amides is 1. The molecule has 0 bridgehead atoms. The average molecular weight is 456 g/mol. The maximum absolute atomic E-state index is 12.8. The molecule has 0 radical (unpaired) electrons. The summed E-state index contributed by atoms with van der Waals surface area (Å²) >= 11 is 0. The fraction of sp³-hybridized carbons (Fsp3) is 0.217. The smallest absolute Gasteiger partial charge is 0.243 e. The van der Waals surface area contributed by atoms with Gasteiger partial charge in [-0.2, -0.15) is 4.31 Å². The number of carbonyl (C=O) groups is 1. The molecule has 1 aromatic heterocycles. The number of aromatic nitrogens is 1. The Morgan fingerprint density at radius 3 is 2.19 bits per heavy atom. The van der Waals surface area contributed by atoms with E-state index in [0.717, 1.165) is 15.6 Å². The fourth-order valence-corrected chi connectivity index (χ4v) is 3.97. The molecule has 0 saturated heterocycles. The van der Waals surface area contributed by atoms with Crippen LogP contribution < -0.4 is 14.8 Å². The lowest BCUT2D eigenvalue weighted by Crippen LogP contribution is -2.35. The quantitative estimate of drug-likeness (QED) is 0.526. The van der Waals surface area contributed by atoms with E-state index in [1.54, 1.807) is 54.7 Å². The Morgan fingerprint density at radius 2 is 1.59 bits per heavy atom. The van der Waals surface area contributed by atoms with Crippen LogP contribution in [0.2, 0.25) is 0 Å². The number of nitrogens with zero attached hydrogens (tertiary/aromatic N) is 2. The van der Waals surface area contributed by atoms with E-state index in [2.05, 4.69) is 10.3 Å². The molecule has 3 aromatic rings. The normalized spacial score (nSPS) is 11.2. The highest BCUT2D eigenvalue weighted by molar-refractivity contribution is 7.89. The standard InChI is InChI=1S/C23H25N3O5S/c1-4-30-18-5-7-19(8-6-18)31-20-9-11-21(12-10-20)32(28,29)26(3)16-23(27)25-22-15-17(2)13-14-24-22/h5-15H,4,16H2,1-3H3,(H,24,25,27). The molecule has 168 valence electrons. The van der Waals surface area contributed by atoms with Crippen molar-refractivity contribution in [3.63, 3.8) is 0 Å². The number of pyridine rings is 1. The number of sulfonamides is 1. The van der Waals surface area contributed by atoms with Crippen LogP contribution in [-0.2, 0) is 14.8 Å². The lowest BCUT2D eigenvalue weighted by atomic mass is 10.3. The second-order valence-electron chi connectivity index (χ2n) is 7.01. The Balaban J connectivity index is 1.62. The van der Waals surface area contributed by atoms with Crippen molar-refractivity contribution >= 4 is 21.7 Å². The van der Waals surface area contributed by atoms with Crippen LogP contribution in [0.5, 0.6) is 17.2 Å². The topological polar surface area (TPSA) is 97.8 Å². The van der Waals surface area contributed by atoms with Gasteiger partial charge in [0, 0.05) is 13.2 Å². The lowest BCUT2D eigenvalue weighted by Gasteiger charge is -2.17. The Bertz CT molecular complexity index is 1160. The molecule has 1 amide bonds. The first kappa shape index (κ1) is 23.2. The van der Waals surface area contributed by atoms with E-state index >= 15 is 0 Å². The predicted octanol–water partition coefficient (Wildman–Crippen LogP) is 3.84. The van der Waals surface area contributed by atoms with Crippen LogP contribution in [0, 0.1) is 6.92 Å². The third-order valence-electron chi connectivity index (χ3n) is 4.45. The summed E-state index contributed by atoms with van der Waals surface area (Å²) in [6, 6.07) is 16.6. The molecule has 3 rings (SSSR count). The van der Waals surface area contributed by atoms with Gasteiger partial charge >= 0.3 is 0 Å². The zero-order valence-corrected chi connectivity index (χ0v) is 18.9. The van der Waals surface area contributed by atoms with E-state index in [1.165, 1.54) is 19.2 Å². The van der Waals surface area contributed by atoms with E-state index in [0.29, 0.717) is 23.9 Å². The SMILES string of the molecule is CCOc1ccc(Oc2ccc(S(=O)(=O)N(C)CC(=O)Nc3cc(C)ccn3)cc2)cc1. The summed E-state index contributed by atoms with van der Waals surface area (Å²) in [6.45, 7) is 4.01. The highest BCUT2D eigenvalue weighted by Gasteiger charge is 2.23. The van der Waals surface area contributed by atoms with Crippen molar-refractivity contribution in [1.82, 2.24) is 9.29 Å². The van der Waals surface area contributed by atoms with Crippen molar-refractivity contribution in [3.05, 3.63) is 72.4 Å². The molecule has 0 aliphatic rings. The molecule has 0 saturated carbocycles. The van der Waals surface area contributed by atoms with Crippen LogP contribution in [0.15, 0.2) is 71.8 Å². The maximum Gasteiger partial charge on any atom is 0.243 e. The number of likely N-dealkylation sites (N-methyl/N-ethyl adjacent to an activating group) is 1. The number of aryl methyl sites for hydroxylation is 1. The van der Waals surface area contributed by atoms with Gasteiger partial charge in [-0.25, -0.2) is 13.4 Å². The lowest BCUT2D eigenvalue weighted by molar-refractivity contribution is -0.116. The molecular weight excluding hydrogens is 430 g/mol. The first-order chi connectivity index (χ1) is 15.3. The van der Waals surface area contributed by atoms with Gasteiger partial charge in [-0.1, -0.05) is 0 Å². The molecule has 2 aromatic carbocycles. The minimum atomic E-state index is -3.86. The summed E-state index contributed by atoms with van der Waals surface area (Å²) in [5, 5.41) is 2.60. The van der Waals surface area contributed by atoms with Gasteiger partial charge in [0.1, 0.15) is 23.1 Å². The number of benzene rings is 2. The third-order valence-corrected chi connectivity index (χ3v) is 6.27. The van der Waals surface area contributed by atoms with E-state index < -0.39 is 15.9 Å². The number of ether oxygens (including phenoxy) is 2. The molecule has 32 heavy (non-hydrogen) atoms. The number of nitrogens with one attached hydrogen (secondary N) is 1. The van der Waals surface area contributed by atoms with Gasteiger partial charge in [0.15, 0.2) is 0 Å². The highest BCUT2D eigenvalue weighted by Crippen LogP contribution is 2.25. The van der Waals surface area contributed by atoms with Gasteiger partial charge in [-0.15, -0.1) is 0 Å². The summed E-state index contributed by atoms with van der Waals surface area (Å²) < 4.78 is 37.8. The largest absolute Gasteiger partial charge is 0.494 e. The zero-order valence-electron chi connectivity index (χ0n) is 18.1. The van der Waals surface area contributed by atoms with Crippen molar-refractivity contribution in [2.45, 2.75) is 18.7 Å². The first-order valence-electron chi connectivity index (χ1n) is 9.97. The zero-order chi connectivity index (χ0) is 23.1. The van der Waals surface area contributed by atoms with Gasteiger partial charge in [-0.05, 0) is 80.1 Å². The Morgan fingerprint density at radius 1 is 1.00 bits per heavy atom. The molecular formula is C23H25N3O5S. The molecule has 0 unspecified atom stereocenters. The van der Waals surface area contributed by atoms with Gasteiger partial charge in [0.25, 0.3) is 0 Å². The molecule has 0 aliphatic heterocycles. The number of rotatable bonds is 9. The molecule has 1 heterocycles. The third kappa shape index (κ3) is 6.05. The van der Waals surface area contributed by atoms with E-state index in [-0.39, 0.29) is 11.4 Å². The van der Waals surface area contributed by atoms with Crippen molar-refractivity contribution in [2.24, 2.45) is 0 Å². The number of hydrogen-bond acceptors (Lipinski definition) is 6. The van der Waals surface area contributed by atoms with E-state index in [1.807, 2.05) is 13.8 Å². The van der Waals surface area contributed by atoms with E-state index in [4.69, 9.17) is 9.47 Å². The average Bonchev–Trinajstić information content (AvgIpc) is 2.75.